The number of nitrogens with zero attached hydrogens (tertiary/aromatic N) is 3. The van der Waals surface area contributed by atoms with Gasteiger partial charge in [-0.2, -0.15) is 0 Å². The van der Waals surface area contributed by atoms with E-state index >= 15 is 0 Å². The highest BCUT2D eigenvalue weighted by atomic mass is 35.5. The SMILES string of the molecule is Cl.Cl.O=C(Cc1ccc(C2CCNCC2)cc1)Nc1cc(-c2c[nH]c3ccccc23)c2nccn2n1. The molecule has 1 aliphatic rings. The van der Waals surface area contributed by atoms with E-state index in [1.165, 1.54) is 18.4 Å². The topological polar surface area (TPSA) is 87.1 Å². The predicted octanol–water partition coefficient (Wildman–Crippen LogP) is 5.37. The summed E-state index contributed by atoms with van der Waals surface area (Å²) in [7, 11) is 0. The number of halogens is 2. The standard InChI is InChI=1S/C27H26N6O.2ClH/c34-26(15-18-5-7-19(8-6-18)20-9-11-28-12-10-20)31-25-16-22(27-29-13-14-33(27)32-25)23-17-30-24-4-2-1-3-21(23)24;;/h1-8,13-14,16-17,20,28,30H,9-12,15H2,(H,31,32,34);2*1H. The summed E-state index contributed by atoms with van der Waals surface area (Å²) in [5.74, 6) is 1.02. The summed E-state index contributed by atoms with van der Waals surface area (Å²) in [6.07, 6.45) is 8.13. The van der Waals surface area contributed by atoms with Crippen molar-refractivity contribution in [2.75, 3.05) is 18.4 Å². The number of hydrogen-bond donors (Lipinski definition) is 3. The Bertz CT molecular complexity index is 1470. The first-order chi connectivity index (χ1) is 16.7. The summed E-state index contributed by atoms with van der Waals surface area (Å²) in [4.78, 5) is 20.7. The first-order valence-electron chi connectivity index (χ1n) is 11.7. The van der Waals surface area contributed by atoms with E-state index in [4.69, 9.17) is 0 Å². The minimum atomic E-state index is -0.0912. The van der Waals surface area contributed by atoms with Gasteiger partial charge in [0.2, 0.25) is 5.91 Å². The van der Waals surface area contributed by atoms with Crippen molar-refractivity contribution in [3.05, 3.63) is 84.3 Å². The molecule has 2 aromatic carbocycles. The highest BCUT2D eigenvalue weighted by Gasteiger charge is 2.16. The summed E-state index contributed by atoms with van der Waals surface area (Å²) < 4.78 is 1.71. The number of carbonyl (C=O) groups is 1. The zero-order valence-corrected chi connectivity index (χ0v) is 21.2. The van der Waals surface area contributed by atoms with Crippen molar-refractivity contribution in [2.45, 2.75) is 25.2 Å². The molecule has 0 bridgehead atoms. The fraction of sp³-hybridized carbons (Fsp3) is 0.222. The van der Waals surface area contributed by atoms with Crippen LogP contribution in [0, 0.1) is 0 Å². The zero-order chi connectivity index (χ0) is 22.9. The van der Waals surface area contributed by atoms with Crippen molar-refractivity contribution < 1.29 is 4.79 Å². The second kappa shape index (κ2) is 11.1. The Labute approximate surface area is 221 Å². The Morgan fingerprint density at radius 2 is 1.81 bits per heavy atom. The molecule has 1 amide bonds. The molecule has 7 nitrogen and oxygen atoms in total. The van der Waals surface area contributed by atoms with Crippen LogP contribution in [0.5, 0.6) is 0 Å². The average Bonchev–Trinajstić information content (AvgIpc) is 3.52. The van der Waals surface area contributed by atoms with E-state index < -0.39 is 0 Å². The van der Waals surface area contributed by atoms with Crippen LogP contribution in [0.25, 0.3) is 27.7 Å². The van der Waals surface area contributed by atoms with Crippen LogP contribution in [0.4, 0.5) is 5.82 Å². The lowest BCUT2D eigenvalue weighted by molar-refractivity contribution is -0.115. The number of rotatable bonds is 5. The number of piperidine rings is 1. The molecule has 6 rings (SSSR count). The fourth-order valence-corrected chi connectivity index (χ4v) is 4.91. The molecule has 0 spiro atoms. The highest BCUT2D eigenvalue weighted by molar-refractivity contribution is 6.00. The molecule has 9 heteroatoms. The number of H-pyrrole nitrogens is 1. The van der Waals surface area contributed by atoms with Crippen LogP contribution >= 0.6 is 24.8 Å². The molecule has 0 radical (unpaired) electrons. The number of aromatic nitrogens is 4. The smallest absolute Gasteiger partial charge is 0.229 e. The van der Waals surface area contributed by atoms with Gasteiger partial charge >= 0.3 is 0 Å². The summed E-state index contributed by atoms with van der Waals surface area (Å²) in [6, 6.07) is 18.5. The first-order valence-corrected chi connectivity index (χ1v) is 11.7. The lowest BCUT2D eigenvalue weighted by Gasteiger charge is -2.23. The van der Waals surface area contributed by atoms with Crippen molar-refractivity contribution in [1.82, 2.24) is 24.9 Å². The number of para-hydroxylation sites is 1. The summed E-state index contributed by atoms with van der Waals surface area (Å²) in [5, 5.41) is 12.0. The molecule has 0 saturated carbocycles. The van der Waals surface area contributed by atoms with E-state index in [1.807, 2.05) is 30.5 Å². The molecule has 3 N–H and O–H groups in total. The van der Waals surface area contributed by atoms with Gasteiger partial charge in [0, 0.05) is 40.6 Å². The summed E-state index contributed by atoms with van der Waals surface area (Å²) in [6.45, 7) is 2.15. The van der Waals surface area contributed by atoms with Gasteiger partial charge in [0.25, 0.3) is 0 Å². The molecule has 4 heterocycles. The van der Waals surface area contributed by atoms with E-state index in [2.05, 4.69) is 56.0 Å². The third-order valence-electron chi connectivity index (χ3n) is 6.66. The number of imidazole rings is 1. The van der Waals surface area contributed by atoms with Crippen molar-refractivity contribution in [3.8, 4) is 11.1 Å². The van der Waals surface area contributed by atoms with Gasteiger partial charge in [0.05, 0.1) is 6.42 Å². The van der Waals surface area contributed by atoms with Crippen molar-refractivity contribution in [2.24, 2.45) is 0 Å². The molecule has 0 atom stereocenters. The van der Waals surface area contributed by atoms with E-state index in [-0.39, 0.29) is 30.7 Å². The number of carbonyl (C=O) groups excluding carboxylic acids is 1. The van der Waals surface area contributed by atoms with Crippen molar-refractivity contribution >= 4 is 53.1 Å². The van der Waals surface area contributed by atoms with Gasteiger partial charge in [-0.15, -0.1) is 29.9 Å². The molecule has 0 aliphatic carbocycles. The Morgan fingerprint density at radius 3 is 2.61 bits per heavy atom. The number of hydrogen-bond acceptors (Lipinski definition) is 4. The summed E-state index contributed by atoms with van der Waals surface area (Å²) >= 11 is 0. The van der Waals surface area contributed by atoms with E-state index in [9.17, 15) is 4.79 Å². The van der Waals surface area contributed by atoms with Gasteiger partial charge in [0.15, 0.2) is 11.5 Å². The number of nitrogens with one attached hydrogen (secondary N) is 3. The van der Waals surface area contributed by atoms with Crippen LogP contribution in [0.2, 0.25) is 0 Å². The molecule has 1 saturated heterocycles. The number of anilines is 1. The molecule has 5 aromatic rings. The lowest BCUT2D eigenvalue weighted by Crippen LogP contribution is -2.26. The van der Waals surface area contributed by atoms with Crippen LogP contribution in [0.3, 0.4) is 0 Å². The van der Waals surface area contributed by atoms with E-state index in [0.717, 1.165) is 46.3 Å². The monoisotopic (exact) mass is 522 g/mol. The molecule has 1 fully saturated rings. The third-order valence-corrected chi connectivity index (χ3v) is 6.66. The van der Waals surface area contributed by atoms with Crippen molar-refractivity contribution in [3.63, 3.8) is 0 Å². The first kappa shape index (κ1) is 25.7. The number of benzene rings is 2. The van der Waals surface area contributed by atoms with Gasteiger partial charge < -0.3 is 15.6 Å². The third kappa shape index (κ3) is 5.09. The molecule has 186 valence electrons. The Kier molecular flexibility index (Phi) is 7.94. The van der Waals surface area contributed by atoms with E-state index in [1.54, 1.807) is 16.9 Å². The number of fused-ring (bicyclic) bond motifs is 2. The maximum Gasteiger partial charge on any atom is 0.229 e. The van der Waals surface area contributed by atoms with Gasteiger partial charge in [-0.05, 0) is 55.1 Å². The van der Waals surface area contributed by atoms with Gasteiger partial charge in [-0.3, -0.25) is 4.79 Å². The Hall–Kier alpha value is -3.39. The van der Waals surface area contributed by atoms with Crippen LogP contribution in [-0.4, -0.2) is 38.6 Å². The maximum atomic E-state index is 12.9. The maximum absolute atomic E-state index is 12.9. The Morgan fingerprint density at radius 1 is 1.03 bits per heavy atom. The van der Waals surface area contributed by atoms with Gasteiger partial charge in [-0.25, -0.2) is 9.50 Å². The van der Waals surface area contributed by atoms with Crippen LogP contribution in [0.15, 0.2) is 73.2 Å². The number of amides is 1. The van der Waals surface area contributed by atoms with Gasteiger partial charge in [0.1, 0.15) is 0 Å². The van der Waals surface area contributed by atoms with Crippen LogP contribution < -0.4 is 10.6 Å². The Balaban J connectivity index is 0.00000152. The number of aromatic amines is 1. The highest BCUT2D eigenvalue weighted by Crippen LogP contribution is 2.32. The van der Waals surface area contributed by atoms with Crippen LogP contribution in [0.1, 0.15) is 29.9 Å². The largest absolute Gasteiger partial charge is 0.361 e. The lowest BCUT2D eigenvalue weighted by atomic mass is 9.89. The average molecular weight is 523 g/mol. The van der Waals surface area contributed by atoms with Crippen LogP contribution in [-0.2, 0) is 11.2 Å². The predicted molar refractivity (Wildman–Crippen MR) is 148 cm³/mol. The van der Waals surface area contributed by atoms with Crippen molar-refractivity contribution in [1.29, 1.82) is 0 Å². The summed E-state index contributed by atoms with van der Waals surface area (Å²) in [5.41, 5.74) is 6.10. The second-order valence-electron chi connectivity index (χ2n) is 8.88. The second-order valence-corrected chi connectivity index (χ2v) is 8.88. The fourth-order valence-electron chi connectivity index (χ4n) is 4.91. The molecule has 36 heavy (non-hydrogen) atoms. The normalized spacial score (nSPS) is 13.8. The minimum absolute atomic E-state index is 0. The molecule has 1 aliphatic heterocycles. The molecule has 0 unspecified atom stereocenters. The molecular formula is C27H28Cl2N6O. The minimum Gasteiger partial charge on any atom is -0.361 e. The van der Waals surface area contributed by atoms with Gasteiger partial charge in [-0.1, -0.05) is 42.5 Å². The molecular weight excluding hydrogens is 495 g/mol. The zero-order valence-electron chi connectivity index (χ0n) is 19.6. The van der Waals surface area contributed by atoms with E-state index in [0.29, 0.717) is 18.2 Å². The molecule has 3 aromatic heterocycles. The quantitative estimate of drug-likeness (QED) is 0.289.